The SMILES string of the molecule is O=S(=O)(O)Cc1cccc2ccccc12.c1ccc2ccccc2c1. The van der Waals surface area contributed by atoms with Gasteiger partial charge in [0, 0.05) is 0 Å². The summed E-state index contributed by atoms with van der Waals surface area (Å²) in [6.45, 7) is 0. The van der Waals surface area contributed by atoms with Crippen molar-refractivity contribution in [1.29, 1.82) is 0 Å². The highest BCUT2D eigenvalue weighted by atomic mass is 32.2. The van der Waals surface area contributed by atoms with E-state index in [9.17, 15) is 8.42 Å². The van der Waals surface area contributed by atoms with Crippen LogP contribution in [0.1, 0.15) is 5.56 Å². The minimum atomic E-state index is -3.97. The molecule has 4 aromatic carbocycles. The topological polar surface area (TPSA) is 54.4 Å². The van der Waals surface area contributed by atoms with E-state index >= 15 is 0 Å². The highest BCUT2D eigenvalue weighted by molar-refractivity contribution is 7.85. The first-order valence-electron chi connectivity index (χ1n) is 7.88. The third kappa shape index (κ3) is 4.66. The third-order valence-electron chi connectivity index (χ3n) is 3.88. The van der Waals surface area contributed by atoms with E-state index in [0.29, 0.717) is 5.56 Å². The molecule has 0 spiro atoms. The lowest BCUT2D eigenvalue weighted by Crippen LogP contribution is -2.01. The fraction of sp³-hybridized carbons (Fsp3) is 0.0476. The average molecular weight is 350 g/mol. The van der Waals surface area contributed by atoms with Gasteiger partial charge in [0.2, 0.25) is 0 Å². The molecule has 0 fully saturated rings. The second-order valence-corrected chi connectivity index (χ2v) is 7.16. The molecule has 0 atom stereocenters. The van der Waals surface area contributed by atoms with Gasteiger partial charge < -0.3 is 0 Å². The van der Waals surface area contributed by atoms with Crippen molar-refractivity contribution in [3.05, 3.63) is 96.6 Å². The van der Waals surface area contributed by atoms with Crippen LogP contribution in [0.3, 0.4) is 0 Å². The molecule has 4 rings (SSSR count). The highest BCUT2D eigenvalue weighted by Crippen LogP contribution is 2.19. The predicted octanol–water partition coefficient (Wildman–Crippen LogP) is 5.07. The molecule has 3 nitrogen and oxygen atoms in total. The van der Waals surface area contributed by atoms with E-state index in [1.807, 2.05) is 30.3 Å². The van der Waals surface area contributed by atoms with Crippen molar-refractivity contribution in [2.45, 2.75) is 5.75 Å². The number of hydrogen-bond donors (Lipinski definition) is 1. The monoisotopic (exact) mass is 350 g/mol. The van der Waals surface area contributed by atoms with Crippen LogP contribution in [0.15, 0.2) is 91.0 Å². The molecule has 1 N–H and O–H groups in total. The average Bonchev–Trinajstić information content (AvgIpc) is 2.62. The molecule has 4 heteroatoms. The van der Waals surface area contributed by atoms with Crippen molar-refractivity contribution in [2.75, 3.05) is 0 Å². The van der Waals surface area contributed by atoms with Gasteiger partial charge in [-0.2, -0.15) is 8.42 Å². The molecule has 0 aromatic heterocycles. The first kappa shape index (κ1) is 17.1. The zero-order valence-electron chi connectivity index (χ0n) is 13.5. The summed E-state index contributed by atoms with van der Waals surface area (Å²) in [6, 6.07) is 29.6. The standard InChI is InChI=1S/C11H10O3S.C10H8/c12-15(13,14)8-10-6-3-5-9-4-1-2-7-11(9)10;1-2-6-10-8-4-3-7-9(10)5-1/h1-7H,8H2,(H,12,13,14);1-8H. The van der Waals surface area contributed by atoms with Crippen molar-refractivity contribution in [2.24, 2.45) is 0 Å². The third-order valence-corrected chi connectivity index (χ3v) is 4.55. The molecule has 25 heavy (non-hydrogen) atoms. The first-order chi connectivity index (χ1) is 12.0. The fourth-order valence-corrected chi connectivity index (χ4v) is 3.39. The van der Waals surface area contributed by atoms with Gasteiger partial charge in [0.15, 0.2) is 0 Å². The van der Waals surface area contributed by atoms with E-state index in [-0.39, 0.29) is 5.75 Å². The zero-order valence-corrected chi connectivity index (χ0v) is 14.4. The van der Waals surface area contributed by atoms with E-state index in [4.69, 9.17) is 4.55 Å². The largest absolute Gasteiger partial charge is 0.285 e. The summed E-state index contributed by atoms with van der Waals surface area (Å²) in [6.07, 6.45) is 0. The van der Waals surface area contributed by atoms with Gasteiger partial charge in [-0.3, -0.25) is 4.55 Å². The molecular weight excluding hydrogens is 332 g/mol. The molecule has 0 bridgehead atoms. The molecule has 126 valence electrons. The molecular formula is C21H18O3S. The number of fused-ring (bicyclic) bond motifs is 2. The van der Waals surface area contributed by atoms with Gasteiger partial charge in [0.1, 0.15) is 5.75 Å². The number of hydrogen-bond acceptors (Lipinski definition) is 2. The second kappa shape index (κ2) is 7.47. The van der Waals surface area contributed by atoms with Crippen molar-refractivity contribution in [3.63, 3.8) is 0 Å². The first-order valence-corrected chi connectivity index (χ1v) is 9.49. The summed E-state index contributed by atoms with van der Waals surface area (Å²) >= 11 is 0. The molecule has 0 saturated heterocycles. The molecule has 0 aliphatic rings. The summed E-state index contributed by atoms with van der Waals surface area (Å²) in [5, 5.41) is 4.45. The Kier molecular flexibility index (Phi) is 5.12. The quantitative estimate of drug-likeness (QED) is 0.514. The minimum absolute atomic E-state index is 0.339. The van der Waals surface area contributed by atoms with Gasteiger partial charge in [0.25, 0.3) is 10.1 Å². The summed E-state index contributed by atoms with van der Waals surface area (Å²) in [4.78, 5) is 0. The number of benzene rings is 4. The van der Waals surface area contributed by atoms with Crippen LogP contribution in [-0.4, -0.2) is 13.0 Å². The maximum absolute atomic E-state index is 10.8. The highest BCUT2D eigenvalue weighted by Gasteiger charge is 2.08. The lowest BCUT2D eigenvalue weighted by Gasteiger charge is -2.03. The number of rotatable bonds is 2. The molecule has 0 aliphatic carbocycles. The van der Waals surface area contributed by atoms with Crippen LogP contribution in [0.4, 0.5) is 0 Å². The maximum atomic E-state index is 10.8. The van der Waals surface area contributed by atoms with E-state index < -0.39 is 10.1 Å². The van der Waals surface area contributed by atoms with Crippen LogP contribution in [-0.2, 0) is 15.9 Å². The zero-order chi connectivity index (χ0) is 17.7. The van der Waals surface area contributed by atoms with E-state index in [1.54, 1.807) is 12.1 Å². The Bertz CT molecular complexity index is 1030. The summed E-state index contributed by atoms with van der Waals surface area (Å²) < 4.78 is 30.4. The summed E-state index contributed by atoms with van der Waals surface area (Å²) in [5.41, 5.74) is 0.621. The summed E-state index contributed by atoms with van der Waals surface area (Å²) in [5.74, 6) is -0.339. The molecule has 0 aliphatic heterocycles. The normalized spacial score (nSPS) is 11.1. The van der Waals surface area contributed by atoms with Crippen molar-refractivity contribution in [1.82, 2.24) is 0 Å². The Morgan fingerprint density at radius 1 is 0.600 bits per heavy atom. The van der Waals surface area contributed by atoms with Gasteiger partial charge >= 0.3 is 0 Å². The van der Waals surface area contributed by atoms with Crippen molar-refractivity contribution >= 4 is 31.7 Å². The van der Waals surface area contributed by atoms with Crippen molar-refractivity contribution in [3.8, 4) is 0 Å². The van der Waals surface area contributed by atoms with Gasteiger partial charge in [-0.15, -0.1) is 0 Å². The predicted molar refractivity (Wildman–Crippen MR) is 103 cm³/mol. The minimum Gasteiger partial charge on any atom is -0.285 e. The van der Waals surface area contributed by atoms with Crippen molar-refractivity contribution < 1.29 is 13.0 Å². The van der Waals surface area contributed by atoms with Gasteiger partial charge in [-0.05, 0) is 27.1 Å². The molecule has 0 radical (unpaired) electrons. The molecule has 0 unspecified atom stereocenters. The molecule has 4 aromatic rings. The van der Waals surface area contributed by atoms with Gasteiger partial charge in [-0.1, -0.05) is 91.0 Å². The second-order valence-electron chi connectivity index (χ2n) is 5.71. The van der Waals surface area contributed by atoms with Crippen LogP contribution >= 0.6 is 0 Å². The lowest BCUT2D eigenvalue weighted by molar-refractivity contribution is 0.482. The maximum Gasteiger partial charge on any atom is 0.269 e. The smallest absolute Gasteiger partial charge is 0.269 e. The molecule has 0 saturated carbocycles. The molecule has 0 heterocycles. The fourth-order valence-electron chi connectivity index (χ4n) is 2.75. The van der Waals surface area contributed by atoms with E-state index in [0.717, 1.165) is 10.8 Å². The lowest BCUT2D eigenvalue weighted by atomic mass is 10.1. The van der Waals surface area contributed by atoms with Crippen LogP contribution in [0.2, 0.25) is 0 Å². The van der Waals surface area contributed by atoms with E-state index in [2.05, 4.69) is 48.5 Å². The molecule has 0 amide bonds. The Morgan fingerprint density at radius 2 is 1.04 bits per heavy atom. The van der Waals surface area contributed by atoms with Gasteiger partial charge in [-0.25, -0.2) is 0 Å². The van der Waals surface area contributed by atoms with Crippen LogP contribution in [0.25, 0.3) is 21.5 Å². The van der Waals surface area contributed by atoms with Crippen LogP contribution in [0.5, 0.6) is 0 Å². The Balaban J connectivity index is 0.000000157. The van der Waals surface area contributed by atoms with Gasteiger partial charge in [0.05, 0.1) is 0 Å². The summed E-state index contributed by atoms with van der Waals surface area (Å²) in [7, 11) is -3.97. The van der Waals surface area contributed by atoms with Crippen LogP contribution in [0, 0.1) is 0 Å². The van der Waals surface area contributed by atoms with Crippen LogP contribution < -0.4 is 0 Å². The Labute approximate surface area is 147 Å². The van der Waals surface area contributed by atoms with E-state index in [1.165, 1.54) is 10.8 Å². The Hall–Kier alpha value is -2.69. The Morgan fingerprint density at radius 3 is 1.56 bits per heavy atom.